The first kappa shape index (κ1) is 12.4. The van der Waals surface area contributed by atoms with Crippen molar-refractivity contribution in [2.45, 2.75) is 32.4 Å². The number of benzene rings is 1. The van der Waals surface area contributed by atoms with Crippen LogP contribution < -0.4 is 0 Å². The van der Waals surface area contributed by atoms with Crippen LogP contribution in [-0.4, -0.2) is 28.9 Å². The van der Waals surface area contributed by atoms with Gasteiger partial charge in [-0.05, 0) is 43.0 Å². The van der Waals surface area contributed by atoms with Gasteiger partial charge in [0.1, 0.15) is 0 Å². The highest BCUT2D eigenvalue weighted by molar-refractivity contribution is 6.31. The van der Waals surface area contributed by atoms with E-state index in [0.717, 1.165) is 29.7 Å². The summed E-state index contributed by atoms with van der Waals surface area (Å²) in [5.74, 6) is 0. The number of hydrogen-bond acceptors (Lipinski definition) is 3. The van der Waals surface area contributed by atoms with Gasteiger partial charge in [0.15, 0.2) is 0 Å². The zero-order chi connectivity index (χ0) is 12.4. The summed E-state index contributed by atoms with van der Waals surface area (Å²) in [7, 11) is 1.99. The lowest BCUT2D eigenvalue weighted by molar-refractivity contribution is 0.246. The predicted molar refractivity (Wildman–Crippen MR) is 70.4 cm³/mol. The van der Waals surface area contributed by atoms with Crippen LogP contribution in [-0.2, 0) is 6.61 Å². The molecule has 1 N–H and O–H groups in total. The normalized spacial score (nSPS) is 20.4. The van der Waals surface area contributed by atoms with Crippen LogP contribution in [0.4, 0.5) is 0 Å². The molecule has 0 amide bonds. The van der Waals surface area contributed by atoms with Crippen molar-refractivity contribution in [2.75, 3.05) is 7.05 Å². The van der Waals surface area contributed by atoms with Gasteiger partial charge in [0.2, 0.25) is 0 Å². The van der Waals surface area contributed by atoms with Crippen LogP contribution in [0.2, 0.25) is 5.02 Å². The summed E-state index contributed by atoms with van der Waals surface area (Å²) >= 11 is 5.98. The van der Waals surface area contributed by atoms with E-state index in [9.17, 15) is 5.11 Å². The SMILES string of the molecule is CC1CCC(c2ccc(Cl)c(CO)c2)=NN1C. The Morgan fingerprint density at radius 2 is 2.29 bits per heavy atom. The second-order valence-electron chi connectivity index (χ2n) is 4.47. The van der Waals surface area contributed by atoms with Crippen molar-refractivity contribution in [3.63, 3.8) is 0 Å². The first-order valence-electron chi connectivity index (χ1n) is 5.81. The highest BCUT2D eigenvalue weighted by Crippen LogP contribution is 2.22. The Labute approximate surface area is 107 Å². The third-order valence-electron chi connectivity index (χ3n) is 3.26. The van der Waals surface area contributed by atoms with Gasteiger partial charge in [0.25, 0.3) is 0 Å². The minimum Gasteiger partial charge on any atom is -0.392 e. The Bertz CT molecular complexity index is 445. The Morgan fingerprint density at radius 1 is 1.53 bits per heavy atom. The van der Waals surface area contributed by atoms with E-state index < -0.39 is 0 Å². The van der Waals surface area contributed by atoms with Gasteiger partial charge >= 0.3 is 0 Å². The van der Waals surface area contributed by atoms with Crippen molar-refractivity contribution in [1.29, 1.82) is 0 Å². The highest BCUT2D eigenvalue weighted by atomic mass is 35.5. The Balaban J connectivity index is 2.32. The average Bonchev–Trinajstić information content (AvgIpc) is 2.33. The van der Waals surface area contributed by atoms with Crippen molar-refractivity contribution >= 4 is 17.3 Å². The molecule has 2 rings (SSSR count). The summed E-state index contributed by atoms with van der Waals surface area (Å²) in [5, 5.41) is 16.4. The number of hydrazone groups is 1. The van der Waals surface area contributed by atoms with Crippen LogP contribution in [0.15, 0.2) is 23.3 Å². The maximum absolute atomic E-state index is 9.20. The number of hydrogen-bond donors (Lipinski definition) is 1. The highest BCUT2D eigenvalue weighted by Gasteiger charge is 2.17. The lowest BCUT2D eigenvalue weighted by Gasteiger charge is -2.28. The van der Waals surface area contributed by atoms with E-state index in [4.69, 9.17) is 11.6 Å². The first-order chi connectivity index (χ1) is 8.11. The molecule has 1 atom stereocenters. The molecule has 1 unspecified atom stereocenters. The molecule has 0 saturated heterocycles. The van der Waals surface area contributed by atoms with Crippen molar-refractivity contribution in [3.8, 4) is 0 Å². The van der Waals surface area contributed by atoms with Gasteiger partial charge < -0.3 is 5.11 Å². The van der Waals surface area contributed by atoms with Crippen molar-refractivity contribution < 1.29 is 5.11 Å². The fourth-order valence-corrected chi connectivity index (χ4v) is 2.13. The van der Waals surface area contributed by atoms with Crippen molar-refractivity contribution in [3.05, 3.63) is 34.3 Å². The van der Waals surface area contributed by atoms with Gasteiger partial charge in [-0.2, -0.15) is 5.10 Å². The average molecular weight is 253 g/mol. The fraction of sp³-hybridized carbons (Fsp3) is 0.462. The Hall–Kier alpha value is -1.06. The molecule has 0 aromatic heterocycles. The molecule has 1 heterocycles. The quantitative estimate of drug-likeness (QED) is 0.879. The van der Waals surface area contributed by atoms with Crippen LogP contribution in [0.3, 0.4) is 0 Å². The van der Waals surface area contributed by atoms with Gasteiger partial charge in [-0.15, -0.1) is 0 Å². The van der Waals surface area contributed by atoms with Gasteiger partial charge in [-0.25, -0.2) is 0 Å². The molecule has 3 nitrogen and oxygen atoms in total. The molecule has 1 aliphatic rings. The molecule has 1 aromatic carbocycles. The molecule has 0 fully saturated rings. The summed E-state index contributed by atoms with van der Waals surface area (Å²) in [5.41, 5.74) is 2.88. The summed E-state index contributed by atoms with van der Waals surface area (Å²) in [6.07, 6.45) is 2.07. The molecule has 1 aromatic rings. The van der Waals surface area contributed by atoms with Gasteiger partial charge in [0, 0.05) is 18.1 Å². The minimum atomic E-state index is -0.0355. The minimum absolute atomic E-state index is 0.0355. The van der Waals surface area contributed by atoms with E-state index in [1.54, 1.807) is 0 Å². The molecule has 0 spiro atoms. The van der Waals surface area contributed by atoms with Crippen LogP contribution >= 0.6 is 11.6 Å². The van der Waals surface area contributed by atoms with E-state index in [1.807, 2.05) is 30.3 Å². The molecule has 0 saturated carbocycles. The van der Waals surface area contributed by atoms with E-state index in [2.05, 4.69) is 12.0 Å². The summed E-state index contributed by atoms with van der Waals surface area (Å²) in [4.78, 5) is 0. The molecular weight excluding hydrogens is 236 g/mol. The molecule has 0 radical (unpaired) electrons. The first-order valence-corrected chi connectivity index (χ1v) is 6.19. The zero-order valence-corrected chi connectivity index (χ0v) is 10.9. The summed E-state index contributed by atoms with van der Waals surface area (Å²) in [6.45, 7) is 2.13. The molecule has 1 aliphatic heterocycles. The Morgan fingerprint density at radius 3 is 2.94 bits per heavy atom. The lowest BCUT2D eigenvalue weighted by atomic mass is 10.00. The number of halogens is 1. The third kappa shape index (κ3) is 2.61. The largest absolute Gasteiger partial charge is 0.392 e. The number of aliphatic hydroxyl groups is 1. The molecule has 92 valence electrons. The standard InChI is InChI=1S/C13H17ClN2O/c1-9-3-6-13(15-16(9)2)10-4-5-12(14)11(7-10)8-17/h4-5,7,9,17H,3,6,8H2,1-2H3. The van der Waals surface area contributed by atoms with Gasteiger partial charge in [0.05, 0.1) is 12.3 Å². The molecule has 0 aliphatic carbocycles. The van der Waals surface area contributed by atoms with Gasteiger partial charge in [-0.3, -0.25) is 5.01 Å². The maximum atomic E-state index is 9.20. The third-order valence-corrected chi connectivity index (χ3v) is 3.63. The predicted octanol–water partition coefficient (Wildman–Crippen LogP) is 2.65. The van der Waals surface area contributed by atoms with E-state index in [1.165, 1.54) is 0 Å². The van der Waals surface area contributed by atoms with E-state index in [0.29, 0.717) is 11.1 Å². The smallest absolute Gasteiger partial charge is 0.0696 e. The van der Waals surface area contributed by atoms with Crippen LogP contribution in [0.25, 0.3) is 0 Å². The molecule has 0 bridgehead atoms. The summed E-state index contributed by atoms with van der Waals surface area (Å²) < 4.78 is 0. The number of aliphatic hydroxyl groups excluding tert-OH is 1. The van der Waals surface area contributed by atoms with Crippen molar-refractivity contribution in [2.24, 2.45) is 5.10 Å². The topological polar surface area (TPSA) is 35.8 Å². The van der Waals surface area contributed by atoms with Gasteiger partial charge in [-0.1, -0.05) is 17.7 Å². The van der Waals surface area contributed by atoms with Crippen LogP contribution in [0, 0.1) is 0 Å². The van der Waals surface area contributed by atoms with Crippen LogP contribution in [0.1, 0.15) is 30.9 Å². The monoisotopic (exact) mass is 252 g/mol. The molecule has 4 heteroatoms. The maximum Gasteiger partial charge on any atom is 0.0696 e. The second-order valence-corrected chi connectivity index (χ2v) is 4.88. The van der Waals surface area contributed by atoms with E-state index in [-0.39, 0.29) is 6.61 Å². The fourth-order valence-electron chi connectivity index (χ4n) is 1.95. The van der Waals surface area contributed by atoms with E-state index >= 15 is 0 Å². The number of rotatable bonds is 2. The lowest BCUT2D eigenvalue weighted by Crippen LogP contribution is -2.30. The number of nitrogens with zero attached hydrogens (tertiary/aromatic N) is 2. The second kappa shape index (κ2) is 5.07. The van der Waals surface area contributed by atoms with Crippen LogP contribution in [0.5, 0.6) is 0 Å². The Kier molecular flexibility index (Phi) is 3.69. The molecule has 17 heavy (non-hydrogen) atoms. The zero-order valence-electron chi connectivity index (χ0n) is 10.2. The van der Waals surface area contributed by atoms with Crippen molar-refractivity contribution in [1.82, 2.24) is 5.01 Å². The molecular formula is C13H17ClN2O. The summed E-state index contributed by atoms with van der Waals surface area (Å²) in [6, 6.07) is 6.20.